The number of alkyl halides is 3. The summed E-state index contributed by atoms with van der Waals surface area (Å²) in [4.78, 5) is 23.6. The molecule has 19 heavy (non-hydrogen) atoms. The van der Waals surface area contributed by atoms with E-state index in [1.54, 1.807) is 6.92 Å². The van der Waals surface area contributed by atoms with E-state index < -0.39 is 42.5 Å². The van der Waals surface area contributed by atoms with Gasteiger partial charge in [0.25, 0.3) is 0 Å². The fourth-order valence-corrected chi connectivity index (χ4v) is 2.40. The number of carbonyl (C=O) groups is 2. The number of nitrogens with zero attached hydrogens (tertiary/aromatic N) is 1. The SMILES string of the molecule is CC(C1CC1)N(CC(F)(F)F)C(=O)C1CC1C(=O)O. The predicted molar refractivity (Wildman–Crippen MR) is 59.2 cm³/mol. The van der Waals surface area contributed by atoms with Gasteiger partial charge in [-0.15, -0.1) is 0 Å². The standard InChI is InChI=1S/C12H16F3NO3/c1-6(7-2-3-7)16(5-12(13,14)15)10(17)8-4-9(8)11(18)19/h6-9H,2-5H2,1H3,(H,18,19). The molecule has 0 heterocycles. The fourth-order valence-electron chi connectivity index (χ4n) is 2.40. The first-order valence-corrected chi connectivity index (χ1v) is 6.30. The molecule has 108 valence electrons. The van der Waals surface area contributed by atoms with E-state index >= 15 is 0 Å². The maximum Gasteiger partial charge on any atom is 0.406 e. The molecular formula is C12H16F3NO3. The molecule has 3 atom stereocenters. The van der Waals surface area contributed by atoms with Crippen molar-refractivity contribution < 1.29 is 27.9 Å². The van der Waals surface area contributed by atoms with Crippen LogP contribution < -0.4 is 0 Å². The van der Waals surface area contributed by atoms with Gasteiger partial charge in [-0.2, -0.15) is 13.2 Å². The van der Waals surface area contributed by atoms with Crippen molar-refractivity contribution in [2.24, 2.45) is 17.8 Å². The first-order valence-electron chi connectivity index (χ1n) is 6.30. The third-order valence-corrected chi connectivity index (χ3v) is 3.85. The van der Waals surface area contributed by atoms with Crippen LogP contribution >= 0.6 is 0 Å². The Kier molecular flexibility index (Phi) is 3.49. The van der Waals surface area contributed by atoms with Crippen LogP contribution in [0.3, 0.4) is 0 Å². The molecule has 0 bridgehead atoms. The number of hydrogen-bond donors (Lipinski definition) is 1. The van der Waals surface area contributed by atoms with E-state index in [1.165, 1.54) is 0 Å². The normalized spacial score (nSPS) is 27.8. The number of carbonyl (C=O) groups excluding carboxylic acids is 1. The molecule has 2 rings (SSSR count). The van der Waals surface area contributed by atoms with E-state index in [1.807, 2.05) is 0 Å². The molecular weight excluding hydrogens is 263 g/mol. The van der Waals surface area contributed by atoms with Crippen molar-refractivity contribution in [1.82, 2.24) is 4.90 Å². The van der Waals surface area contributed by atoms with E-state index in [9.17, 15) is 22.8 Å². The number of carboxylic acids is 1. The fraction of sp³-hybridized carbons (Fsp3) is 0.833. The van der Waals surface area contributed by atoms with Crippen molar-refractivity contribution in [3.63, 3.8) is 0 Å². The smallest absolute Gasteiger partial charge is 0.406 e. The maximum absolute atomic E-state index is 12.5. The summed E-state index contributed by atoms with van der Waals surface area (Å²) < 4.78 is 37.6. The lowest BCUT2D eigenvalue weighted by Crippen LogP contribution is -2.46. The second-order valence-electron chi connectivity index (χ2n) is 5.45. The van der Waals surface area contributed by atoms with E-state index in [4.69, 9.17) is 5.11 Å². The van der Waals surface area contributed by atoms with Gasteiger partial charge in [0.15, 0.2) is 0 Å². The minimum atomic E-state index is -4.45. The molecule has 2 saturated carbocycles. The summed E-state index contributed by atoms with van der Waals surface area (Å²) in [5.74, 6) is -3.24. The average Bonchev–Trinajstić information content (AvgIpc) is 3.15. The van der Waals surface area contributed by atoms with E-state index in [2.05, 4.69) is 0 Å². The minimum Gasteiger partial charge on any atom is -0.481 e. The molecule has 0 aromatic carbocycles. The number of amides is 1. The van der Waals surface area contributed by atoms with Crippen LogP contribution in [0, 0.1) is 17.8 Å². The molecule has 2 fully saturated rings. The lowest BCUT2D eigenvalue weighted by Gasteiger charge is -2.30. The Morgan fingerprint density at radius 1 is 1.32 bits per heavy atom. The lowest BCUT2D eigenvalue weighted by atomic mass is 10.1. The second kappa shape index (κ2) is 4.68. The van der Waals surface area contributed by atoms with Gasteiger partial charge in [0.05, 0.1) is 11.8 Å². The van der Waals surface area contributed by atoms with Crippen LogP contribution in [0.25, 0.3) is 0 Å². The number of carboxylic acid groups (broad SMARTS) is 1. The molecule has 1 N–H and O–H groups in total. The van der Waals surface area contributed by atoms with Gasteiger partial charge in [-0.3, -0.25) is 9.59 Å². The highest BCUT2D eigenvalue weighted by Crippen LogP contribution is 2.43. The van der Waals surface area contributed by atoms with Crippen LogP contribution in [0.2, 0.25) is 0 Å². The molecule has 3 unspecified atom stereocenters. The molecule has 0 aromatic rings. The molecule has 0 saturated heterocycles. The van der Waals surface area contributed by atoms with Gasteiger partial charge >= 0.3 is 12.1 Å². The summed E-state index contributed by atoms with van der Waals surface area (Å²) in [6, 6.07) is -0.468. The Morgan fingerprint density at radius 2 is 1.89 bits per heavy atom. The molecule has 4 nitrogen and oxygen atoms in total. The predicted octanol–water partition coefficient (Wildman–Crippen LogP) is 1.90. The Hall–Kier alpha value is -1.27. The zero-order chi connectivity index (χ0) is 14.4. The molecule has 0 spiro atoms. The summed E-state index contributed by atoms with van der Waals surface area (Å²) in [6.45, 7) is 0.325. The van der Waals surface area contributed by atoms with E-state index in [-0.39, 0.29) is 12.3 Å². The van der Waals surface area contributed by atoms with Gasteiger partial charge in [0, 0.05) is 6.04 Å². The third kappa shape index (κ3) is 3.39. The van der Waals surface area contributed by atoms with Gasteiger partial charge in [-0.25, -0.2) is 0 Å². The summed E-state index contributed by atoms with van der Waals surface area (Å²) in [7, 11) is 0. The van der Waals surface area contributed by atoms with Crippen molar-refractivity contribution in [1.29, 1.82) is 0 Å². The van der Waals surface area contributed by atoms with Gasteiger partial charge in [-0.1, -0.05) is 0 Å². The van der Waals surface area contributed by atoms with Crippen LogP contribution in [0.5, 0.6) is 0 Å². The van der Waals surface area contributed by atoms with Crippen molar-refractivity contribution >= 4 is 11.9 Å². The Bertz CT molecular complexity index is 392. The van der Waals surface area contributed by atoms with Gasteiger partial charge in [0.2, 0.25) is 5.91 Å². The van der Waals surface area contributed by atoms with Crippen LogP contribution in [-0.4, -0.2) is 40.6 Å². The number of halogens is 3. The zero-order valence-electron chi connectivity index (χ0n) is 10.5. The van der Waals surface area contributed by atoms with Crippen LogP contribution in [0.4, 0.5) is 13.2 Å². The molecule has 2 aliphatic carbocycles. The molecule has 0 aliphatic heterocycles. The average molecular weight is 279 g/mol. The third-order valence-electron chi connectivity index (χ3n) is 3.85. The summed E-state index contributed by atoms with van der Waals surface area (Å²) in [5.41, 5.74) is 0. The molecule has 7 heteroatoms. The number of hydrogen-bond acceptors (Lipinski definition) is 2. The van der Waals surface area contributed by atoms with Gasteiger partial charge in [0.1, 0.15) is 6.54 Å². The summed E-state index contributed by atoms with van der Waals surface area (Å²) in [5, 5.41) is 8.75. The Labute approximate surface area is 108 Å². The zero-order valence-corrected chi connectivity index (χ0v) is 10.5. The van der Waals surface area contributed by atoms with Crippen molar-refractivity contribution in [2.75, 3.05) is 6.54 Å². The Morgan fingerprint density at radius 3 is 2.26 bits per heavy atom. The van der Waals surface area contributed by atoms with Gasteiger partial charge in [-0.05, 0) is 32.1 Å². The second-order valence-corrected chi connectivity index (χ2v) is 5.45. The highest BCUT2D eigenvalue weighted by molar-refractivity contribution is 5.89. The summed E-state index contributed by atoms with van der Waals surface area (Å²) in [6.07, 6.45) is -2.64. The van der Waals surface area contributed by atoms with Crippen molar-refractivity contribution in [3.8, 4) is 0 Å². The minimum absolute atomic E-state index is 0.119. The highest BCUT2D eigenvalue weighted by Gasteiger charge is 2.52. The van der Waals surface area contributed by atoms with Crippen LogP contribution in [-0.2, 0) is 9.59 Å². The monoisotopic (exact) mass is 279 g/mol. The molecule has 0 radical (unpaired) electrons. The molecule has 0 aromatic heterocycles. The topological polar surface area (TPSA) is 57.6 Å². The van der Waals surface area contributed by atoms with Crippen LogP contribution in [0.15, 0.2) is 0 Å². The summed E-state index contributed by atoms with van der Waals surface area (Å²) >= 11 is 0. The number of aliphatic carboxylic acids is 1. The van der Waals surface area contributed by atoms with Gasteiger partial charge < -0.3 is 10.0 Å². The maximum atomic E-state index is 12.5. The van der Waals surface area contributed by atoms with Crippen molar-refractivity contribution in [2.45, 2.75) is 38.4 Å². The van der Waals surface area contributed by atoms with E-state index in [0.717, 1.165) is 17.7 Å². The number of rotatable bonds is 5. The molecule has 2 aliphatic rings. The van der Waals surface area contributed by atoms with E-state index in [0.29, 0.717) is 0 Å². The van der Waals surface area contributed by atoms with Crippen LogP contribution in [0.1, 0.15) is 26.2 Å². The highest BCUT2D eigenvalue weighted by atomic mass is 19.4. The quantitative estimate of drug-likeness (QED) is 0.836. The Balaban J connectivity index is 2.04. The molecule has 1 amide bonds. The first-order chi connectivity index (χ1) is 8.70. The first kappa shape index (κ1) is 14.1. The van der Waals surface area contributed by atoms with Crippen molar-refractivity contribution in [3.05, 3.63) is 0 Å². The lowest BCUT2D eigenvalue weighted by molar-refractivity contribution is -0.167. The largest absolute Gasteiger partial charge is 0.481 e.